The molecule has 0 saturated carbocycles. The first-order valence-corrected chi connectivity index (χ1v) is 7.25. The molecule has 2 aromatic rings. The largest absolute Gasteiger partial charge is 0.332 e. The molecule has 1 heterocycles. The van der Waals surface area contributed by atoms with Gasteiger partial charge in [0.05, 0.1) is 5.69 Å². The molecule has 4 heteroatoms. The number of nitrogens with zero attached hydrogens (tertiary/aromatic N) is 2. The highest BCUT2D eigenvalue weighted by Crippen LogP contribution is 2.33. The van der Waals surface area contributed by atoms with Crippen molar-refractivity contribution in [3.63, 3.8) is 0 Å². The number of hydrogen-bond acceptors (Lipinski definition) is 2. The number of benzene rings is 2. The summed E-state index contributed by atoms with van der Waals surface area (Å²) < 4.78 is 0. The van der Waals surface area contributed by atoms with Gasteiger partial charge >= 0.3 is 6.03 Å². The van der Waals surface area contributed by atoms with E-state index in [2.05, 4.69) is 0 Å². The summed E-state index contributed by atoms with van der Waals surface area (Å²) in [6.45, 7) is 1.82. The lowest BCUT2D eigenvalue weighted by Crippen LogP contribution is -2.47. The number of urea groups is 1. The van der Waals surface area contributed by atoms with Crippen LogP contribution in [0.4, 0.5) is 10.5 Å². The van der Waals surface area contributed by atoms with E-state index in [1.165, 1.54) is 9.80 Å². The van der Waals surface area contributed by atoms with Crippen LogP contribution in [-0.4, -0.2) is 29.4 Å². The highest BCUT2D eigenvalue weighted by Gasteiger charge is 2.52. The topological polar surface area (TPSA) is 40.6 Å². The van der Waals surface area contributed by atoms with Crippen LogP contribution in [0.2, 0.25) is 0 Å². The average Bonchev–Trinajstić information content (AvgIpc) is 2.70. The molecule has 0 N–H and O–H groups in total. The average molecular weight is 294 g/mol. The highest BCUT2D eigenvalue weighted by molar-refractivity contribution is 6.23. The van der Waals surface area contributed by atoms with Crippen LogP contribution in [0.1, 0.15) is 12.5 Å². The zero-order valence-corrected chi connectivity index (χ0v) is 12.7. The number of amides is 3. The number of hydrogen-bond donors (Lipinski definition) is 0. The number of imide groups is 1. The monoisotopic (exact) mass is 294 g/mol. The number of anilines is 1. The molecular formula is C18H18N2O2. The lowest BCUT2D eigenvalue weighted by Gasteiger charge is -2.28. The molecular weight excluding hydrogens is 276 g/mol. The Kier molecular flexibility index (Phi) is 3.45. The number of carbonyl (C=O) groups excluding carboxylic acids is 2. The Morgan fingerprint density at radius 1 is 0.909 bits per heavy atom. The Bertz CT molecular complexity index is 700. The van der Waals surface area contributed by atoms with E-state index in [9.17, 15) is 9.59 Å². The van der Waals surface area contributed by atoms with Gasteiger partial charge in [-0.05, 0) is 24.6 Å². The van der Waals surface area contributed by atoms with E-state index in [1.54, 1.807) is 19.2 Å². The zero-order valence-electron chi connectivity index (χ0n) is 12.7. The Morgan fingerprint density at radius 3 is 2.05 bits per heavy atom. The maximum atomic E-state index is 12.9. The summed E-state index contributed by atoms with van der Waals surface area (Å²) >= 11 is 0. The second kappa shape index (κ2) is 5.30. The van der Waals surface area contributed by atoms with Crippen LogP contribution >= 0.6 is 0 Å². The quantitative estimate of drug-likeness (QED) is 0.816. The number of carbonyl (C=O) groups is 2. The van der Waals surface area contributed by atoms with Gasteiger partial charge in [0.15, 0.2) is 0 Å². The van der Waals surface area contributed by atoms with Crippen LogP contribution in [0, 0.1) is 0 Å². The summed E-state index contributed by atoms with van der Waals surface area (Å²) in [5.41, 5.74) is 0.780. The van der Waals surface area contributed by atoms with Crippen molar-refractivity contribution in [2.24, 2.45) is 0 Å². The third-order valence-electron chi connectivity index (χ3n) is 4.29. The van der Waals surface area contributed by atoms with E-state index in [4.69, 9.17) is 0 Å². The second-order valence-corrected chi connectivity index (χ2v) is 5.75. The molecule has 1 atom stereocenters. The Morgan fingerprint density at radius 2 is 1.45 bits per heavy atom. The Labute approximate surface area is 130 Å². The molecule has 0 aromatic heterocycles. The van der Waals surface area contributed by atoms with Gasteiger partial charge < -0.3 is 4.90 Å². The van der Waals surface area contributed by atoms with Crippen molar-refractivity contribution in [3.05, 3.63) is 66.2 Å². The molecule has 1 saturated heterocycles. The van der Waals surface area contributed by atoms with E-state index in [0.29, 0.717) is 12.1 Å². The minimum absolute atomic E-state index is 0.185. The van der Waals surface area contributed by atoms with Gasteiger partial charge in [0.1, 0.15) is 5.54 Å². The van der Waals surface area contributed by atoms with Crippen LogP contribution in [0.3, 0.4) is 0 Å². The summed E-state index contributed by atoms with van der Waals surface area (Å²) in [4.78, 5) is 28.3. The summed E-state index contributed by atoms with van der Waals surface area (Å²) in [6.07, 6.45) is 0.498. The summed E-state index contributed by atoms with van der Waals surface area (Å²) in [5, 5.41) is 0. The van der Waals surface area contributed by atoms with Gasteiger partial charge in [0, 0.05) is 13.5 Å². The third kappa shape index (κ3) is 2.17. The van der Waals surface area contributed by atoms with Gasteiger partial charge in [-0.3, -0.25) is 4.79 Å². The minimum atomic E-state index is -0.867. The van der Waals surface area contributed by atoms with E-state index < -0.39 is 5.54 Å². The fourth-order valence-electron chi connectivity index (χ4n) is 2.82. The Hall–Kier alpha value is -2.62. The molecule has 1 aliphatic heterocycles. The molecule has 0 radical (unpaired) electrons. The van der Waals surface area contributed by atoms with Crippen LogP contribution in [-0.2, 0) is 11.2 Å². The predicted molar refractivity (Wildman–Crippen MR) is 85.6 cm³/mol. The van der Waals surface area contributed by atoms with Crippen molar-refractivity contribution < 1.29 is 9.59 Å². The van der Waals surface area contributed by atoms with Crippen LogP contribution < -0.4 is 4.90 Å². The predicted octanol–water partition coefficient (Wildman–Crippen LogP) is 3.09. The first-order valence-electron chi connectivity index (χ1n) is 7.25. The normalized spacial score (nSPS) is 21.5. The van der Waals surface area contributed by atoms with Gasteiger partial charge in [-0.1, -0.05) is 48.5 Å². The van der Waals surface area contributed by atoms with Crippen LogP contribution in [0.15, 0.2) is 60.7 Å². The lowest BCUT2D eigenvalue weighted by molar-refractivity contribution is -0.123. The van der Waals surface area contributed by atoms with Crippen molar-refractivity contribution in [3.8, 4) is 0 Å². The third-order valence-corrected chi connectivity index (χ3v) is 4.29. The highest BCUT2D eigenvalue weighted by atomic mass is 16.2. The maximum absolute atomic E-state index is 12.9. The van der Waals surface area contributed by atoms with Gasteiger partial charge in [-0.25, -0.2) is 9.69 Å². The number of likely N-dealkylation sites (N-methyl/N-ethyl adjacent to an activating group) is 1. The molecule has 112 valence electrons. The lowest BCUT2D eigenvalue weighted by atomic mass is 9.91. The smallest absolute Gasteiger partial charge is 0.312 e. The SMILES string of the molecule is CN1C(=O)N(c2ccccc2)C(=O)C1(C)Cc1ccccc1. The van der Waals surface area contributed by atoms with Crippen molar-refractivity contribution in [2.45, 2.75) is 18.9 Å². The number of para-hydroxylation sites is 1. The first-order chi connectivity index (χ1) is 10.5. The van der Waals surface area contributed by atoms with Gasteiger partial charge in [-0.15, -0.1) is 0 Å². The standard InChI is InChI=1S/C18H18N2O2/c1-18(13-14-9-5-3-6-10-14)16(21)20(17(22)19(18)2)15-11-7-4-8-12-15/h3-12H,13H2,1-2H3. The number of rotatable bonds is 3. The van der Waals surface area contributed by atoms with E-state index in [1.807, 2.05) is 55.5 Å². The molecule has 1 aliphatic rings. The molecule has 0 spiro atoms. The molecule has 0 bridgehead atoms. The molecule has 1 fully saturated rings. The van der Waals surface area contributed by atoms with E-state index >= 15 is 0 Å². The summed E-state index contributed by atoms with van der Waals surface area (Å²) in [7, 11) is 1.69. The molecule has 3 rings (SSSR count). The Balaban J connectivity index is 1.96. The van der Waals surface area contributed by atoms with Crippen molar-refractivity contribution >= 4 is 17.6 Å². The van der Waals surface area contributed by atoms with Crippen molar-refractivity contribution in [1.29, 1.82) is 0 Å². The molecule has 22 heavy (non-hydrogen) atoms. The van der Waals surface area contributed by atoms with Crippen LogP contribution in [0.25, 0.3) is 0 Å². The second-order valence-electron chi connectivity index (χ2n) is 5.75. The molecule has 3 amide bonds. The molecule has 2 aromatic carbocycles. The zero-order chi connectivity index (χ0) is 15.7. The van der Waals surface area contributed by atoms with Crippen molar-refractivity contribution in [1.82, 2.24) is 4.90 Å². The van der Waals surface area contributed by atoms with Gasteiger partial charge in [-0.2, -0.15) is 0 Å². The fourth-order valence-corrected chi connectivity index (χ4v) is 2.82. The maximum Gasteiger partial charge on any atom is 0.332 e. The van der Waals surface area contributed by atoms with E-state index in [-0.39, 0.29) is 11.9 Å². The minimum Gasteiger partial charge on any atom is -0.312 e. The fraction of sp³-hybridized carbons (Fsp3) is 0.222. The summed E-state index contributed by atoms with van der Waals surface area (Å²) in [6, 6.07) is 18.5. The van der Waals surface area contributed by atoms with Gasteiger partial charge in [0.25, 0.3) is 5.91 Å². The van der Waals surface area contributed by atoms with E-state index in [0.717, 1.165) is 5.56 Å². The summed E-state index contributed by atoms with van der Waals surface area (Å²) in [5.74, 6) is -0.185. The molecule has 0 aliphatic carbocycles. The molecule has 4 nitrogen and oxygen atoms in total. The first kappa shape index (κ1) is 14.3. The van der Waals surface area contributed by atoms with Gasteiger partial charge in [0.2, 0.25) is 0 Å². The van der Waals surface area contributed by atoms with Crippen LogP contribution in [0.5, 0.6) is 0 Å². The van der Waals surface area contributed by atoms with Crippen molar-refractivity contribution in [2.75, 3.05) is 11.9 Å². The molecule has 1 unspecified atom stereocenters.